The van der Waals surface area contributed by atoms with Crippen LogP contribution < -0.4 is 0 Å². The Morgan fingerprint density at radius 3 is 2.60 bits per heavy atom. The summed E-state index contributed by atoms with van der Waals surface area (Å²) >= 11 is 0. The van der Waals surface area contributed by atoms with Crippen molar-refractivity contribution in [3.63, 3.8) is 0 Å². The molecule has 1 N–H and O–H groups in total. The summed E-state index contributed by atoms with van der Waals surface area (Å²) in [6, 6.07) is 1.96. The summed E-state index contributed by atoms with van der Waals surface area (Å²) in [5.74, 6) is -0.318. The van der Waals surface area contributed by atoms with Crippen LogP contribution in [0.1, 0.15) is 32.0 Å². The maximum absolute atomic E-state index is 11.3. The Morgan fingerprint density at radius 1 is 1.47 bits per heavy atom. The molecule has 3 nitrogen and oxygen atoms in total. The maximum atomic E-state index is 11.3. The third kappa shape index (κ3) is 4.49. The SMILES string of the molecule is Cc1cc(/C=C/C(=O)OC(C)(C)C)c[nH]1. The predicted octanol–water partition coefficient (Wildman–Crippen LogP) is 2.68. The van der Waals surface area contributed by atoms with E-state index in [1.165, 1.54) is 6.08 Å². The van der Waals surface area contributed by atoms with Crippen molar-refractivity contribution in [2.45, 2.75) is 33.3 Å². The van der Waals surface area contributed by atoms with E-state index < -0.39 is 5.60 Å². The van der Waals surface area contributed by atoms with E-state index in [0.29, 0.717) is 0 Å². The molecular weight excluding hydrogens is 190 g/mol. The highest BCUT2D eigenvalue weighted by Crippen LogP contribution is 2.09. The highest BCUT2D eigenvalue weighted by molar-refractivity contribution is 5.87. The van der Waals surface area contributed by atoms with Crippen LogP contribution in [0.4, 0.5) is 0 Å². The lowest BCUT2D eigenvalue weighted by Gasteiger charge is -2.17. The summed E-state index contributed by atoms with van der Waals surface area (Å²) in [5, 5.41) is 0. The second-order valence-corrected chi connectivity index (χ2v) is 4.48. The molecule has 0 aliphatic carbocycles. The molecule has 0 fully saturated rings. The smallest absolute Gasteiger partial charge is 0.331 e. The van der Waals surface area contributed by atoms with Crippen LogP contribution in [0.15, 0.2) is 18.3 Å². The van der Waals surface area contributed by atoms with Crippen molar-refractivity contribution < 1.29 is 9.53 Å². The highest BCUT2D eigenvalue weighted by atomic mass is 16.6. The lowest BCUT2D eigenvalue weighted by Crippen LogP contribution is -2.22. The average molecular weight is 207 g/mol. The highest BCUT2D eigenvalue weighted by Gasteiger charge is 2.13. The molecule has 0 aliphatic rings. The van der Waals surface area contributed by atoms with Gasteiger partial charge in [-0.2, -0.15) is 0 Å². The molecule has 1 aromatic heterocycles. The summed E-state index contributed by atoms with van der Waals surface area (Å²) < 4.78 is 5.13. The monoisotopic (exact) mass is 207 g/mol. The number of hydrogen-bond donors (Lipinski definition) is 1. The van der Waals surface area contributed by atoms with Gasteiger partial charge in [-0.1, -0.05) is 0 Å². The van der Waals surface area contributed by atoms with Gasteiger partial charge in [-0.25, -0.2) is 4.79 Å². The van der Waals surface area contributed by atoms with E-state index >= 15 is 0 Å². The average Bonchev–Trinajstić information content (AvgIpc) is 2.45. The molecule has 0 amide bonds. The van der Waals surface area contributed by atoms with E-state index in [4.69, 9.17) is 4.74 Å². The van der Waals surface area contributed by atoms with Crippen LogP contribution in [-0.4, -0.2) is 16.6 Å². The minimum absolute atomic E-state index is 0.318. The molecule has 0 radical (unpaired) electrons. The van der Waals surface area contributed by atoms with Gasteiger partial charge in [0.05, 0.1) is 0 Å². The number of carbonyl (C=O) groups is 1. The zero-order valence-corrected chi connectivity index (χ0v) is 9.63. The van der Waals surface area contributed by atoms with Crippen molar-refractivity contribution in [1.82, 2.24) is 4.98 Å². The Morgan fingerprint density at radius 2 is 2.13 bits per heavy atom. The second-order valence-electron chi connectivity index (χ2n) is 4.48. The van der Waals surface area contributed by atoms with Gasteiger partial charge < -0.3 is 9.72 Å². The zero-order chi connectivity index (χ0) is 11.5. The molecule has 0 saturated carbocycles. The fourth-order valence-corrected chi connectivity index (χ4v) is 1.13. The number of nitrogens with one attached hydrogen (secondary N) is 1. The van der Waals surface area contributed by atoms with E-state index in [2.05, 4.69) is 4.98 Å². The molecule has 0 spiro atoms. The number of hydrogen-bond acceptors (Lipinski definition) is 2. The summed E-state index contributed by atoms with van der Waals surface area (Å²) in [4.78, 5) is 14.4. The molecule has 1 aromatic rings. The molecule has 0 bridgehead atoms. The van der Waals surface area contributed by atoms with Crippen LogP contribution in [0.3, 0.4) is 0 Å². The van der Waals surface area contributed by atoms with Crippen LogP contribution in [0.2, 0.25) is 0 Å². The number of ether oxygens (including phenoxy) is 1. The Kier molecular flexibility index (Phi) is 3.35. The van der Waals surface area contributed by atoms with Crippen molar-refractivity contribution >= 4 is 12.0 Å². The maximum Gasteiger partial charge on any atom is 0.331 e. The Balaban J connectivity index is 2.55. The van der Waals surface area contributed by atoms with Gasteiger partial charge in [0, 0.05) is 18.0 Å². The first-order valence-electron chi connectivity index (χ1n) is 4.93. The third-order valence-corrected chi connectivity index (χ3v) is 1.67. The van der Waals surface area contributed by atoms with Crippen LogP contribution in [0, 0.1) is 6.92 Å². The molecule has 82 valence electrons. The van der Waals surface area contributed by atoms with Gasteiger partial charge in [0.15, 0.2) is 0 Å². The summed E-state index contributed by atoms with van der Waals surface area (Å²) in [6.07, 6.45) is 5.02. The summed E-state index contributed by atoms with van der Waals surface area (Å²) in [6.45, 7) is 7.50. The largest absolute Gasteiger partial charge is 0.457 e. The van der Waals surface area contributed by atoms with Crippen LogP contribution >= 0.6 is 0 Å². The number of H-pyrrole nitrogens is 1. The first-order chi connectivity index (χ1) is 6.87. The standard InChI is InChI=1S/C12H17NO2/c1-9-7-10(8-13-9)5-6-11(14)15-12(2,3)4/h5-8,13H,1-4H3/b6-5+. The first kappa shape index (κ1) is 11.6. The Bertz CT molecular complexity index is 369. The van der Waals surface area contributed by atoms with Crippen molar-refractivity contribution in [1.29, 1.82) is 0 Å². The number of aromatic amines is 1. The number of carbonyl (C=O) groups excluding carboxylic acids is 1. The third-order valence-electron chi connectivity index (χ3n) is 1.67. The Hall–Kier alpha value is -1.51. The molecule has 0 aromatic carbocycles. The van der Waals surface area contributed by atoms with Crippen molar-refractivity contribution in [3.05, 3.63) is 29.6 Å². The van der Waals surface area contributed by atoms with Gasteiger partial charge in [-0.05, 0) is 45.4 Å². The van der Waals surface area contributed by atoms with E-state index in [1.807, 2.05) is 40.0 Å². The van der Waals surface area contributed by atoms with Gasteiger partial charge in [0.1, 0.15) is 5.60 Å². The molecule has 1 rings (SSSR count). The van der Waals surface area contributed by atoms with Gasteiger partial charge in [0.25, 0.3) is 0 Å². The summed E-state index contributed by atoms with van der Waals surface area (Å²) in [7, 11) is 0. The van der Waals surface area contributed by atoms with Crippen molar-refractivity contribution in [2.24, 2.45) is 0 Å². The quantitative estimate of drug-likeness (QED) is 0.598. The molecule has 0 atom stereocenters. The Labute approximate surface area is 90.1 Å². The van der Waals surface area contributed by atoms with Crippen molar-refractivity contribution in [3.8, 4) is 0 Å². The zero-order valence-electron chi connectivity index (χ0n) is 9.63. The lowest BCUT2D eigenvalue weighted by atomic mass is 10.2. The van der Waals surface area contributed by atoms with Crippen LogP contribution in [0.5, 0.6) is 0 Å². The normalized spacial score (nSPS) is 12.0. The number of rotatable bonds is 2. The van der Waals surface area contributed by atoms with Gasteiger partial charge >= 0.3 is 5.97 Å². The van der Waals surface area contributed by atoms with Gasteiger partial charge in [0.2, 0.25) is 0 Å². The van der Waals surface area contributed by atoms with Crippen LogP contribution in [-0.2, 0) is 9.53 Å². The summed E-state index contributed by atoms with van der Waals surface area (Å²) in [5.41, 5.74) is 1.60. The fraction of sp³-hybridized carbons (Fsp3) is 0.417. The van der Waals surface area contributed by atoms with Gasteiger partial charge in [-0.3, -0.25) is 0 Å². The molecule has 1 heterocycles. The molecule has 0 unspecified atom stereocenters. The molecule has 3 heteroatoms. The van der Waals surface area contributed by atoms with Crippen molar-refractivity contribution in [2.75, 3.05) is 0 Å². The van der Waals surface area contributed by atoms with E-state index in [0.717, 1.165) is 11.3 Å². The van der Waals surface area contributed by atoms with Gasteiger partial charge in [-0.15, -0.1) is 0 Å². The van der Waals surface area contributed by atoms with E-state index in [9.17, 15) is 4.79 Å². The van der Waals surface area contributed by atoms with E-state index in [-0.39, 0.29) is 5.97 Å². The van der Waals surface area contributed by atoms with Crippen LogP contribution in [0.25, 0.3) is 6.08 Å². The first-order valence-corrected chi connectivity index (χ1v) is 4.93. The minimum atomic E-state index is -0.435. The number of aryl methyl sites for hydroxylation is 1. The second kappa shape index (κ2) is 4.34. The fourth-order valence-electron chi connectivity index (χ4n) is 1.13. The number of esters is 1. The predicted molar refractivity (Wildman–Crippen MR) is 60.4 cm³/mol. The molecular formula is C12H17NO2. The molecule has 0 aliphatic heterocycles. The topological polar surface area (TPSA) is 42.1 Å². The molecule has 15 heavy (non-hydrogen) atoms. The minimum Gasteiger partial charge on any atom is -0.457 e. The molecule has 0 saturated heterocycles. The lowest BCUT2D eigenvalue weighted by molar-refractivity contribution is -0.148. The van der Waals surface area contributed by atoms with E-state index in [1.54, 1.807) is 6.08 Å². The number of aromatic nitrogens is 1.